The molecule has 1 atom stereocenters. The van der Waals surface area contributed by atoms with Crippen molar-refractivity contribution in [3.05, 3.63) is 54.6 Å². The molecular weight excluding hydrogens is 456 g/mol. The van der Waals surface area contributed by atoms with Gasteiger partial charge in [-0.3, -0.25) is 14.6 Å². The topological polar surface area (TPSA) is 103 Å². The van der Waals surface area contributed by atoms with Gasteiger partial charge in [-0.05, 0) is 75.4 Å². The van der Waals surface area contributed by atoms with Crippen LogP contribution in [-0.4, -0.2) is 64.8 Å². The molecule has 5 rings (SSSR count). The van der Waals surface area contributed by atoms with Crippen LogP contribution < -0.4 is 10.6 Å². The molecule has 2 fully saturated rings. The second kappa shape index (κ2) is 10.8. The lowest BCUT2D eigenvalue weighted by atomic mass is 10.1. The molecule has 2 N–H and O–H groups in total. The van der Waals surface area contributed by atoms with Gasteiger partial charge >= 0.3 is 0 Å². The summed E-state index contributed by atoms with van der Waals surface area (Å²) in [6, 6.07) is 10.9. The van der Waals surface area contributed by atoms with E-state index in [1.54, 1.807) is 17.3 Å². The fourth-order valence-corrected chi connectivity index (χ4v) is 4.81. The number of rotatable bonds is 5. The molecule has 0 aliphatic carbocycles. The van der Waals surface area contributed by atoms with E-state index < -0.39 is 6.04 Å². The SMILES string of the molecule is Cc1cc2cc(NC(=NC3CCCCN(CC(=O)N4CCCC4)C3=O)Nc3ccncc3)ccc2o1. The number of fused-ring (bicyclic) bond motifs is 1. The number of nitrogens with one attached hydrogen (secondary N) is 2. The van der Waals surface area contributed by atoms with Gasteiger partial charge in [0, 0.05) is 48.8 Å². The molecule has 9 heteroatoms. The summed E-state index contributed by atoms with van der Waals surface area (Å²) in [5.41, 5.74) is 2.44. The number of aliphatic imine (C=N–C) groups is 1. The zero-order valence-corrected chi connectivity index (χ0v) is 20.6. The number of pyridine rings is 1. The van der Waals surface area contributed by atoms with Gasteiger partial charge in [-0.25, -0.2) is 4.99 Å². The summed E-state index contributed by atoms with van der Waals surface area (Å²) in [7, 11) is 0. The lowest BCUT2D eigenvalue weighted by molar-refractivity contribution is -0.140. The number of carbonyl (C=O) groups is 2. The molecule has 4 heterocycles. The van der Waals surface area contributed by atoms with Crippen LogP contribution in [0.2, 0.25) is 0 Å². The maximum Gasteiger partial charge on any atom is 0.247 e. The Balaban J connectivity index is 1.38. The van der Waals surface area contributed by atoms with Crippen molar-refractivity contribution in [2.24, 2.45) is 4.99 Å². The van der Waals surface area contributed by atoms with Crippen molar-refractivity contribution >= 4 is 40.1 Å². The number of nitrogens with zero attached hydrogens (tertiary/aromatic N) is 4. The Morgan fingerprint density at radius 1 is 1.03 bits per heavy atom. The summed E-state index contributed by atoms with van der Waals surface area (Å²) in [6.07, 6.45) is 7.83. The van der Waals surface area contributed by atoms with Gasteiger partial charge in [0.1, 0.15) is 17.4 Å². The van der Waals surface area contributed by atoms with Gasteiger partial charge < -0.3 is 24.9 Å². The van der Waals surface area contributed by atoms with E-state index in [4.69, 9.17) is 9.41 Å². The molecule has 36 heavy (non-hydrogen) atoms. The van der Waals surface area contributed by atoms with Crippen molar-refractivity contribution in [1.82, 2.24) is 14.8 Å². The summed E-state index contributed by atoms with van der Waals surface area (Å²) in [5.74, 6) is 1.24. The third kappa shape index (κ3) is 5.67. The van der Waals surface area contributed by atoms with E-state index in [-0.39, 0.29) is 18.4 Å². The van der Waals surface area contributed by atoms with Gasteiger partial charge in [-0.15, -0.1) is 0 Å². The number of aryl methyl sites for hydroxylation is 1. The second-order valence-corrected chi connectivity index (χ2v) is 9.43. The average molecular weight is 489 g/mol. The number of amides is 2. The third-order valence-corrected chi connectivity index (χ3v) is 6.67. The first-order valence-corrected chi connectivity index (χ1v) is 12.6. The minimum atomic E-state index is -0.574. The van der Waals surface area contributed by atoms with Crippen molar-refractivity contribution in [1.29, 1.82) is 0 Å². The Hall–Kier alpha value is -3.88. The fraction of sp³-hybridized carbons (Fsp3) is 0.407. The van der Waals surface area contributed by atoms with Crippen LogP contribution in [0.3, 0.4) is 0 Å². The van der Waals surface area contributed by atoms with Crippen LogP contribution in [0.25, 0.3) is 11.0 Å². The highest BCUT2D eigenvalue weighted by molar-refractivity contribution is 6.05. The van der Waals surface area contributed by atoms with Gasteiger partial charge in [-0.2, -0.15) is 0 Å². The molecule has 1 aromatic carbocycles. The van der Waals surface area contributed by atoms with E-state index in [1.807, 2.05) is 48.2 Å². The maximum atomic E-state index is 13.5. The van der Waals surface area contributed by atoms with E-state index >= 15 is 0 Å². The van der Waals surface area contributed by atoms with E-state index in [0.29, 0.717) is 18.9 Å². The molecule has 0 bridgehead atoms. The Bertz CT molecular complexity index is 1250. The molecule has 2 saturated heterocycles. The van der Waals surface area contributed by atoms with Crippen molar-refractivity contribution in [2.45, 2.75) is 45.1 Å². The zero-order valence-electron chi connectivity index (χ0n) is 20.6. The van der Waals surface area contributed by atoms with Gasteiger partial charge in [0.05, 0.1) is 6.54 Å². The Kier molecular flexibility index (Phi) is 7.16. The van der Waals surface area contributed by atoms with Crippen LogP contribution in [0.1, 0.15) is 37.9 Å². The maximum absolute atomic E-state index is 13.5. The average Bonchev–Trinajstić information content (AvgIpc) is 3.50. The number of anilines is 2. The predicted octanol–water partition coefficient (Wildman–Crippen LogP) is 4.02. The monoisotopic (exact) mass is 488 g/mol. The molecule has 2 aliphatic heterocycles. The van der Waals surface area contributed by atoms with Crippen LogP contribution in [0.5, 0.6) is 0 Å². The number of hydrogen-bond acceptors (Lipinski definition) is 5. The first kappa shape index (κ1) is 23.8. The van der Waals surface area contributed by atoms with Crippen molar-refractivity contribution in [2.75, 3.05) is 36.8 Å². The first-order valence-electron chi connectivity index (χ1n) is 12.6. The van der Waals surface area contributed by atoms with E-state index in [2.05, 4.69) is 15.6 Å². The number of aromatic nitrogens is 1. The minimum absolute atomic E-state index is 0.0300. The molecule has 9 nitrogen and oxygen atoms in total. The van der Waals surface area contributed by atoms with Crippen molar-refractivity contribution in [3.63, 3.8) is 0 Å². The Labute approximate surface area is 210 Å². The molecule has 3 aromatic rings. The van der Waals surface area contributed by atoms with E-state index in [0.717, 1.165) is 66.9 Å². The number of carbonyl (C=O) groups excluding carboxylic acids is 2. The first-order chi connectivity index (χ1) is 17.5. The summed E-state index contributed by atoms with van der Waals surface area (Å²) >= 11 is 0. The highest BCUT2D eigenvalue weighted by Crippen LogP contribution is 2.23. The quantitative estimate of drug-likeness (QED) is 0.415. The molecular formula is C27H32N6O3. The summed E-state index contributed by atoms with van der Waals surface area (Å²) in [4.78, 5) is 38.7. The molecule has 2 aliphatic rings. The third-order valence-electron chi connectivity index (χ3n) is 6.67. The van der Waals surface area contributed by atoms with Crippen LogP contribution in [0.4, 0.5) is 11.4 Å². The number of benzene rings is 1. The lowest BCUT2D eigenvalue weighted by Gasteiger charge is -2.25. The molecule has 0 radical (unpaired) electrons. The van der Waals surface area contributed by atoms with Crippen LogP contribution in [0.15, 0.2) is 58.2 Å². The highest BCUT2D eigenvalue weighted by Gasteiger charge is 2.30. The summed E-state index contributed by atoms with van der Waals surface area (Å²) in [5, 5.41) is 7.63. The van der Waals surface area contributed by atoms with Crippen molar-refractivity contribution < 1.29 is 14.0 Å². The Morgan fingerprint density at radius 3 is 2.58 bits per heavy atom. The van der Waals surface area contributed by atoms with Gasteiger partial charge in [0.15, 0.2) is 0 Å². The molecule has 1 unspecified atom stereocenters. The van der Waals surface area contributed by atoms with Crippen molar-refractivity contribution in [3.8, 4) is 0 Å². The standard InChI is InChI=1S/C27H32N6O3/c1-19-16-20-17-22(7-8-24(20)36-19)30-27(29-21-9-11-28-12-10-21)31-23-6-2-3-15-33(26(23)35)18-25(34)32-13-4-5-14-32/h7-12,16-17,23H,2-6,13-15,18H2,1H3,(H2,28,29,30,31). The normalized spacial score (nSPS) is 19.0. The smallest absolute Gasteiger partial charge is 0.247 e. The fourth-order valence-electron chi connectivity index (χ4n) is 4.81. The Morgan fingerprint density at radius 2 is 1.78 bits per heavy atom. The summed E-state index contributed by atoms with van der Waals surface area (Å²) in [6.45, 7) is 4.20. The van der Waals surface area contributed by atoms with E-state index in [9.17, 15) is 9.59 Å². The number of guanidine groups is 1. The number of hydrogen-bond donors (Lipinski definition) is 2. The number of furan rings is 1. The molecule has 188 valence electrons. The second-order valence-electron chi connectivity index (χ2n) is 9.43. The van der Waals surface area contributed by atoms with E-state index in [1.165, 1.54) is 0 Å². The zero-order chi connectivity index (χ0) is 24.9. The molecule has 2 aromatic heterocycles. The highest BCUT2D eigenvalue weighted by atomic mass is 16.3. The van der Waals surface area contributed by atoms with Crippen LogP contribution >= 0.6 is 0 Å². The van der Waals surface area contributed by atoms with Gasteiger partial charge in [0.2, 0.25) is 17.8 Å². The minimum Gasteiger partial charge on any atom is -0.461 e. The summed E-state index contributed by atoms with van der Waals surface area (Å²) < 4.78 is 5.69. The predicted molar refractivity (Wildman–Crippen MR) is 140 cm³/mol. The molecule has 0 saturated carbocycles. The van der Waals surface area contributed by atoms with Gasteiger partial charge in [-0.1, -0.05) is 0 Å². The van der Waals surface area contributed by atoms with Gasteiger partial charge in [0.25, 0.3) is 0 Å². The number of likely N-dealkylation sites (tertiary alicyclic amines) is 2. The van der Waals surface area contributed by atoms with Crippen LogP contribution in [0, 0.1) is 6.92 Å². The lowest BCUT2D eigenvalue weighted by Crippen LogP contribution is -2.45. The molecule has 2 amide bonds. The molecule has 0 spiro atoms. The van der Waals surface area contributed by atoms with Crippen LogP contribution in [-0.2, 0) is 9.59 Å². The largest absolute Gasteiger partial charge is 0.461 e.